The molecule has 0 aliphatic heterocycles. The highest BCUT2D eigenvalue weighted by Crippen LogP contribution is 2.16. The molecule has 0 aliphatic rings. The molecule has 0 fully saturated rings. The van der Waals surface area contributed by atoms with Gasteiger partial charge in [0.25, 0.3) is 5.56 Å². The lowest BCUT2D eigenvalue weighted by atomic mass is 10.1. The Labute approximate surface area is 144 Å². The Kier molecular flexibility index (Phi) is 3.66. The molecular weight excluding hydrogens is 342 g/mol. The topological polar surface area (TPSA) is 86.7 Å². The maximum Gasteiger partial charge on any atom is 0.337 e. The average Bonchev–Trinajstić information content (AvgIpc) is 3.34. The minimum absolute atomic E-state index is 0.248. The second-order valence-electron chi connectivity index (χ2n) is 5.14. The van der Waals surface area contributed by atoms with Crippen molar-refractivity contribution >= 4 is 28.3 Å². The Morgan fingerprint density at radius 3 is 2.72 bits per heavy atom. The molecule has 0 unspecified atom stereocenters. The zero-order valence-corrected chi connectivity index (χ0v) is 13.8. The fourth-order valence-electron chi connectivity index (χ4n) is 2.33. The molecule has 0 atom stereocenters. The van der Waals surface area contributed by atoms with E-state index in [0.29, 0.717) is 26.6 Å². The van der Waals surface area contributed by atoms with E-state index >= 15 is 0 Å². The average molecular weight is 353 g/mol. The van der Waals surface area contributed by atoms with E-state index in [1.807, 2.05) is 0 Å². The number of carbonyl (C=O) groups excluding carboxylic acids is 1. The fraction of sp³-hybridized carbons (Fsp3) is 0.0588. The van der Waals surface area contributed by atoms with Crippen LogP contribution < -0.4 is 10.1 Å². The van der Waals surface area contributed by atoms with Crippen molar-refractivity contribution in [2.75, 3.05) is 7.11 Å². The molecule has 0 radical (unpaired) electrons. The lowest BCUT2D eigenvalue weighted by Crippen LogP contribution is -2.23. The molecule has 0 aliphatic carbocycles. The minimum atomic E-state index is -0.402. The van der Waals surface area contributed by atoms with Gasteiger partial charge in [-0.2, -0.15) is 9.50 Å². The molecular formula is C17H11N3O4S. The van der Waals surface area contributed by atoms with Gasteiger partial charge in [-0.15, -0.1) is 5.10 Å². The van der Waals surface area contributed by atoms with Crippen LogP contribution in [0.25, 0.3) is 22.6 Å². The summed E-state index contributed by atoms with van der Waals surface area (Å²) in [4.78, 5) is 28.7. The van der Waals surface area contributed by atoms with Crippen LogP contribution in [0, 0.1) is 0 Å². The molecule has 3 heterocycles. The molecule has 0 spiro atoms. The van der Waals surface area contributed by atoms with E-state index in [1.165, 1.54) is 29.2 Å². The lowest BCUT2D eigenvalue weighted by Gasteiger charge is -1.98. The smallest absolute Gasteiger partial charge is 0.337 e. The van der Waals surface area contributed by atoms with Crippen molar-refractivity contribution in [3.05, 3.63) is 68.7 Å². The SMILES string of the molecule is COC(=O)c1ccc(/C=c2/sc3nc(-c4ccco4)nn3c2=O)cc1. The van der Waals surface area contributed by atoms with E-state index in [9.17, 15) is 9.59 Å². The third-order valence-corrected chi connectivity index (χ3v) is 4.51. The molecule has 3 aromatic heterocycles. The van der Waals surface area contributed by atoms with Gasteiger partial charge < -0.3 is 9.15 Å². The summed E-state index contributed by atoms with van der Waals surface area (Å²) in [5, 5.41) is 4.19. The molecule has 25 heavy (non-hydrogen) atoms. The van der Waals surface area contributed by atoms with Gasteiger partial charge in [0.1, 0.15) is 0 Å². The van der Waals surface area contributed by atoms with Gasteiger partial charge in [0, 0.05) is 0 Å². The molecule has 0 amide bonds. The van der Waals surface area contributed by atoms with E-state index in [0.717, 1.165) is 5.56 Å². The number of benzene rings is 1. The van der Waals surface area contributed by atoms with E-state index in [2.05, 4.69) is 14.8 Å². The molecule has 124 valence electrons. The summed E-state index contributed by atoms with van der Waals surface area (Å²) in [7, 11) is 1.33. The predicted molar refractivity (Wildman–Crippen MR) is 91.4 cm³/mol. The normalized spacial score (nSPS) is 12.0. The Morgan fingerprint density at radius 1 is 1.28 bits per heavy atom. The molecule has 0 saturated carbocycles. The maximum absolute atomic E-state index is 12.5. The number of hydrogen-bond acceptors (Lipinski definition) is 7. The summed E-state index contributed by atoms with van der Waals surface area (Å²) < 4.78 is 11.7. The Bertz CT molecular complexity index is 1160. The summed E-state index contributed by atoms with van der Waals surface area (Å²) in [5.41, 5.74) is 0.996. The van der Waals surface area contributed by atoms with Crippen LogP contribution in [0.4, 0.5) is 0 Å². The van der Waals surface area contributed by atoms with Gasteiger partial charge in [-0.3, -0.25) is 4.79 Å². The Hall–Kier alpha value is -3.26. The third-order valence-electron chi connectivity index (χ3n) is 3.55. The molecule has 8 heteroatoms. The Morgan fingerprint density at radius 2 is 2.08 bits per heavy atom. The van der Waals surface area contributed by atoms with Gasteiger partial charge in [0.15, 0.2) is 5.76 Å². The van der Waals surface area contributed by atoms with Crippen molar-refractivity contribution in [1.29, 1.82) is 0 Å². The number of hydrogen-bond donors (Lipinski definition) is 0. The number of carbonyl (C=O) groups is 1. The zero-order chi connectivity index (χ0) is 17.4. The van der Waals surface area contributed by atoms with Crippen molar-refractivity contribution in [3.8, 4) is 11.6 Å². The van der Waals surface area contributed by atoms with Crippen LogP contribution in [-0.2, 0) is 4.74 Å². The number of thiazole rings is 1. The van der Waals surface area contributed by atoms with Crippen LogP contribution in [-0.4, -0.2) is 27.7 Å². The number of aromatic nitrogens is 3. The first-order valence-electron chi connectivity index (χ1n) is 7.29. The second kappa shape index (κ2) is 5.99. The highest BCUT2D eigenvalue weighted by Gasteiger charge is 2.13. The lowest BCUT2D eigenvalue weighted by molar-refractivity contribution is 0.0600. The minimum Gasteiger partial charge on any atom is -0.465 e. The van der Waals surface area contributed by atoms with Gasteiger partial charge >= 0.3 is 5.97 Å². The van der Waals surface area contributed by atoms with Gasteiger partial charge in [0.2, 0.25) is 10.8 Å². The van der Waals surface area contributed by atoms with Gasteiger partial charge in [0.05, 0.1) is 23.5 Å². The van der Waals surface area contributed by atoms with Crippen LogP contribution in [0.1, 0.15) is 15.9 Å². The van der Waals surface area contributed by atoms with E-state index < -0.39 is 5.97 Å². The van der Waals surface area contributed by atoms with E-state index in [4.69, 9.17) is 4.42 Å². The second-order valence-corrected chi connectivity index (χ2v) is 6.15. The van der Waals surface area contributed by atoms with Crippen LogP contribution in [0.2, 0.25) is 0 Å². The number of fused-ring (bicyclic) bond motifs is 1. The molecule has 0 N–H and O–H groups in total. The summed E-state index contributed by atoms with van der Waals surface area (Å²) in [5.74, 6) is 0.488. The monoisotopic (exact) mass is 353 g/mol. The van der Waals surface area contributed by atoms with Crippen LogP contribution in [0.3, 0.4) is 0 Å². The van der Waals surface area contributed by atoms with Crippen molar-refractivity contribution in [2.24, 2.45) is 0 Å². The number of esters is 1. The van der Waals surface area contributed by atoms with Crippen LogP contribution in [0.5, 0.6) is 0 Å². The zero-order valence-electron chi connectivity index (χ0n) is 13.0. The molecule has 0 saturated heterocycles. The fourth-order valence-corrected chi connectivity index (χ4v) is 3.24. The molecule has 7 nitrogen and oxygen atoms in total. The number of ether oxygens (including phenoxy) is 1. The first-order chi connectivity index (χ1) is 12.2. The highest BCUT2D eigenvalue weighted by atomic mass is 32.1. The summed E-state index contributed by atoms with van der Waals surface area (Å²) >= 11 is 1.24. The van der Waals surface area contributed by atoms with Crippen LogP contribution in [0.15, 0.2) is 51.9 Å². The van der Waals surface area contributed by atoms with Crippen molar-refractivity contribution in [2.45, 2.75) is 0 Å². The summed E-state index contributed by atoms with van der Waals surface area (Å²) in [6.07, 6.45) is 3.26. The molecule has 4 aromatic rings. The Balaban J connectivity index is 1.73. The highest BCUT2D eigenvalue weighted by molar-refractivity contribution is 7.15. The number of methoxy groups -OCH3 is 1. The van der Waals surface area contributed by atoms with Crippen LogP contribution >= 0.6 is 11.3 Å². The van der Waals surface area contributed by atoms with Crippen molar-refractivity contribution < 1.29 is 13.9 Å². The summed E-state index contributed by atoms with van der Waals surface area (Å²) in [6.45, 7) is 0. The maximum atomic E-state index is 12.5. The third kappa shape index (κ3) is 2.72. The quantitative estimate of drug-likeness (QED) is 0.522. The first-order valence-corrected chi connectivity index (χ1v) is 8.11. The molecule has 0 bridgehead atoms. The number of rotatable bonds is 3. The predicted octanol–water partition coefficient (Wildman–Crippen LogP) is 1.75. The van der Waals surface area contributed by atoms with E-state index in [1.54, 1.807) is 42.5 Å². The number of nitrogens with zero attached hydrogens (tertiary/aromatic N) is 3. The summed E-state index contributed by atoms with van der Waals surface area (Å²) in [6, 6.07) is 10.3. The van der Waals surface area contributed by atoms with Gasteiger partial charge in [-0.25, -0.2) is 4.79 Å². The van der Waals surface area contributed by atoms with E-state index in [-0.39, 0.29) is 5.56 Å². The van der Waals surface area contributed by atoms with Gasteiger partial charge in [-0.05, 0) is 35.9 Å². The first kappa shape index (κ1) is 15.3. The number of furan rings is 1. The van der Waals surface area contributed by atoms with Crippen molar-refractivity contribution in [3.63, 3.8) is 0 Å². The molecule has 4 rings (SSSR count). The standard InChI is InChI=1S/C17H11N3O4S/c1-23-16(22)11-6-4-10(5-7-11)9-13-15(21)20-17(25-13)18-14(19-20)12-3-2-8-24-12/h2-9H,1H3/b13-9+. The van der Waals surface area contributed by atoms with Gasteiger partial charge in [-0.1, -0.05) is 23.5 Å². The molecule has 1 aromatic carbocycles. The van der Waals surface area contributed by atoms with Crippen molar-refractivity contribution in [1.82, 2.24) is 14.6 Å². The largest absolute Gasteiger partial charge is 0.465 e.